The zero-order chi connectivity index (χ0) is 15.2. The van der Waals surface area contributed by atoms with Crippen molar-refractivity contribution in [2.75, 3.05) is 44.1 Å². The van der Waals surface area contributed by atoms with Crippen molar-refractivity contribution in [2.24, 2.45) is 0 Å². The van der Waals surface area contributed by atoms with Crippen molar-refractivity contribution in [2.45, 2.75) is 13.3 Å². The average molecular weight is 303 g/mol. The number of nitrogens with zero attached hydrogens (tertiary/aromatic N) is 3. The molecule has 8 nitrogen and oxygen atoms in total. The van der Waals surface area contributed by atoms with Crippen LogP contribution in [0.3, 0.4) is 0 Å². The maximum Gasteiger partial charge on any atom is 0.225 e. The number of ether oxygens (including phenoxy) is 1. The van der Waals surface area contributed by atoms with E-state index < -0.39 is 10.0 Å². The predicted molar refractivity (Wildman–Crippen MR) is 78.2 cm³/mol. The molecule has 114 valence electrons. The van der Waals surface area contributed by atoms with E-state index in [0.29, 0.717) is 37.8 Å². The maximum atomic E-state index is 11.4. The molecule has 0 aliphatic carbocycles. The van der Waals surface area contributed by atoms with Crippen LogP contribution in [0.1, 0.15) is 13.3 Å². The molecule has 0 bridgehead atoms. The fourth-order valence-electron chi connectivity index (χ4n) is 1.67. The summed E-state index contributed by atoms with van der Waals surface area (Å²) in [5.41, 5.74) is 5.54. The Morgan fingerprint density at radius 1 is 1.45 bits per heavy atom. The molecule has 20 heavy (non-hydrogen) atoms. The summed E-state index contributed by atoms with van der Waals surface area (Å²) in [5.74, 6) is 1.06. The standard InChI is InChI=1S/C11H21N5O3S/c1-4-16(20(3,17)18)7-5-6-13-9-8-10(19-2)15-11(12)14-9/h8H,4-7H2,1-3H3,(H3,12,13,14,15). The van der Waals surface area contributed by atoms with E-state index in [9.17, 15) is 8.42 Å². The number of aromatic nitrogens is 2. The Morgan fingerprint density at radius 2 is 2.15 bits per heavy atom. The third-order valence-corrected chi connectivity index (χ3v) is 4.02. The average Bonchev–Trinajstić information content (AvgIpc) is 2.36. The number of rotatable bonds is 8. The summed E-state index contributed by atoms with van der Waals surface area (Å²) in [6.07, 6.45) is 1.87. The van der Waals surface area contributed by atoms with E-state index in [2.05, 4.69) is 15.3 Å². The minimum atomic E-state index is -3.14. The Balaban J connectivity index is 2.47. The van der Waals surface area contributed by atoms with Gasteiger partial charge in [-0.2, -0.15) is 9.97 Å². The van der Waals surface area contributed by atoms with Crippen LogP contribution < -0.4 is 15.8 Å². The van der Waals surface area contributed by atoms with Gasteiger partial charge in [0.05, 0.1) is 13.4 Å². The SMILES string of the molecule is CCN(CCCNc1cc(OC)nc(N)n1)S(C)(=O)=O. The highest BCUT2D eigenvalue weighted by Gasteiger charge is 2.13. The van der Waals surface area contributed by atoms with Crippen molar-refractivity contribution in [3.8, 4) is 5.88 Å². The summed E-state index contributed by atoms with van der Waals surface area (Å²) in [6.45, 7) is 3.31. The lowest BCUT2D eigenvalue weighted by Crippen LogP contribution is -2.31. The summed E-state index contributed by atoms with van der Waals surface area (Å²) in [7, 11) is -1.64. The van der Waals surface area contributed by atoms with E-state index in [1.165, 1.54) is 17.7 Å². The van der Waals surface area contributed by atoms with Crippen LogP contribution in [-0.4, -0.2) is 55.7 Å². The third kappa shape index (κ3) is 5.17. The van der Waals surface area contributed by atoms with Crippen molar-refractivity contribution >= 4 is 21.8 Å². The van der Waals surface area contributed by atoms with Gasteiger partial charge in [-0.05, 0) is 6.42 Å². The van der Waals surface area contributed by atoms with Crippen LogP contribution in [0.25, 0.3) is 0 Å². The number of hydrogen-bond donors (Lipinski definition) is 2. The molecule has 0 aliphatic heterocycles. The lowest BCUT2D eigenvalue weighted by Gasteiger charge is -2.17. The molecule has 0 unspecified atom stereocenters. The Hall–Kier alpha value is -1.61. The lowest BCUT2D eigenvalue weighted by molar-refractivity contribution is 0.398. The zero-order valence-electron chi connectivity index (χ0n) is 12.0. The van der Waals surface area contributed by atoms with Crippen LogP contribution in [0.2, 0.25) is 0 Å². The van der Waals surface area contributed by atoms with Gasteiger partial charge >= 0.3 is 0 Å². The van der Waals surface area contributed by atoms with Crippen molar-refractivity contribution < 1.29 is 13.2 Å². The highest BCUT2D eigenvalue weighted by molar-refractivity contribution is 7.88. The van der Waals surface area contributed by atoms with Crippen LogP contribution in [0.4, 0.5) is 11.8 Å². The second kappa shape index (κ2) is 7.25. The predicted octanol–water partition coefficient (Wildman–Crippen LogP) is 0.151. The molecule has 3 N–H and O–H groups in total. The second-order valence-corrected chi connectivity index (χ2v) is 6.17. The van der Waals surface area contributed by atoms with Crippen LogP contribution >= 0.6 is 0 Å². The summed E-state index contributed by atoms with van der Waals surface area (Å²) < 4.78 is 29.2. The molecule has 0 fully saturated rings. The second-order valence-electron chi connectivity index (χ2n) is 4.19. The van der Waals surface area contributed by atoms with E-state index in [0.717, 1.165) is 0 Å². The number of nitrogens with one attached hydrogen (secondary N) is 1. The number of hydrogen-bond acceptors (Lipinski definition) is 7. The minimum Gasteiger partial charge on any atom is -0.481 e. The lowest BCUT2D eigenvalue weighted by atomic mass is 10.4. The number of nitrogen functional groups attached to an aromatic ring is 1. The van der Waals surface area contributed by atoms with Gasteiger partial charge in [-0.3, -0.25) is 0 Å². The van der Waals surface area contributed by atoms with Crippen molar-refractivity contribution in [3.05, 3.63) is 6.07 Å². The van der Waals surface area contributed by atoms with Gasteiger partial charge in [0.1, 0.15) is 5.82 Å². The molecule has 0 atom stereocenters. The topological polar surface area (TPSA) is 110 Å². The first-order valence-electron chi connectivity index (χ1n) is 6.24. The molecule has 0 aliphatic rings. The molecule has 0 spiro atoms. The number of sulfonamides is 1. The smallest absolute Gasteiger partial charge is 0.225 e. The molecule has 1 aromatic rings. The maximum absolute atomic E-state index is 11.4. The van der Waals surface area contributed by atoms with Crippen LogP contribution in [0.5, 0.6) is 5.88 Å². The van der Waals surface area contributed by atoms with Gasteiger partial charge in [0.15, 0.2) is 0 Å². The Kier molecular flexibility index (Phi) is 5.96. The van der Waals surface area contributed by atoms with Gasteiger partial charge in [-0.25, -0.2) is 12.7 Å². The molecule has 9 heteroatoms. The Morgan fingerprint density at radius 3 is 2.70 bits per heavy atom. The van der Waals surface area contributed by atoms with Gasteiger partial charge in [0, 0.05) is 25.7 Å². The summed E-state index contributed by atoms with van der Waals surface area (Å²) in [4.78, 5) is 7.88. The first-order chi connectivity index (χ1) is 9.36. The quantitative estimate of drug-likeness (QED) is 0.658. The molecule has 0 aromatic carbocycles. The first kappa shape index (κ1) is 16.4. The molecular weight excluding hydrogens is 282 g/mol. The van der Waals surface area contributed by atoms with Gasteiger partial charge in [-0.15, -0.1) is 0 Å². The molecule has 0 radical (unpaired) electrons. The number of nitrogens with two attached hydrogens (primary N) is 1. The van der Waals surface area contributed by atoms with Crippen molar-refractivity contribution in [1.29, 1.82) is 0 Å². The van der Waals surface area contributed by atoms with Gasteiger partial charge in [0.25, 0.3) is 0 Å². The normalized spacial score (nSPS) is 11.6. The van der Waals surface area contributed by atoms with E-state index in [1.807, 2.05) is 6.92 Å². The monoisotopic (exact) mass is 303 g/mol. The molecule has 1 aromatic heterocycles. The molecule has 0 saturated carbocycles. The fraction of sp³-hybridized carbons (Fsp3) is 0.636. The van der Waals surface area contributed by atoms with Gasteiger partial charge in [0.2, 0.25) is 21.9 Å². The van der Waals surface area contributed by atoms with E-state index in [1.54, 1.807) is 6.07 Å². The largest absolute Gasteiger partial charge is 0.481 e. The molecular formula is C11H21N5O3S. The zero-order valence-corrected chi connectivity index (χ0v) is 12.8. The molecule has 1 rings (SSSR count). The first-order valence-corrected chi connectivity index (χ1v) is 8.09. The number of anilines is 2. The molecule has 0 saturated heterocycles. The summed E-state index contributed by atoms with van der Waals surface area (Å²) >= 11 is 0. The van der Waals surface area contributed by atoms with E-state index in [-0.39, 0.29) is 5.95 Å². The van der Waals surface area contributed by atoms with Gasteiger partial charge < -0.3 is 15.8 Å². The minimum absolute atomic E-state index is 0.123. The van der Waals surface area contributed by atoms with Gasteiger partial charge in [-0.1, -0.05) is 6.92 Å². The number of methoxy groups -OCH3 is 1. The Bertz CT molecular complexity index is 535. The third-order valence-electron chi connectivity index (χ3n) is 2.64. The Labute approximate surface area is 119 Å². The highest BCUT2D eigenvalue weighted by Crippen LogP contribution is 2.13. The van der Waals surface area contributed by atoms with Crippen LogP contribution in [0, 0.1) is 0 Å². The van der Waals surface area contributed by atoms with Crippen LogP contribution in [-0.2, 0) is 10.0 Å². The fourth-order valence-corrected chi connectivity index (χ4v) is 2.60. The summed E-state index contributed by atoms with van der Waals surface area (Å²) in [5, 5.41) is 3.06. The molecule has 1 heterocycles. The van der Waals surface area contributed by atoms with E-state index >= 15 is 0 Å². The van der Waals surface area contributed by atoms with Crippen molar-refractivity contribution in [1.82, 2.24) is 14.3 Å². The van der Waals surface area contributed by atoms with Crippen LogP contribution in [0.15, 0.2) is 6.07 Å². The summed E-state index contributed by atoms with van der Waals surface area (Å²) in [6, 6.07) is 1.63. The molecule has 0 amide bonds. The van der Waals surface area contributed by atoms with E-state index in [4.69, 9.17) is 10.5 Å². The van der Waals surface area contributed by atoms with Crippen molar-refractivity contribution in [3.63, 3.8) is 0 Å². The highest BCUT2D eigenvalue weighted by atomic mass is 32.2.